The van der Waals surface area contributed by atoms with Crippen LogP contribution in [0, 0.1) is 17.5 Å². The molecule has 0 saturated heterocycles. The van der Waals surface area contributed by atoms with E-state index in [4.69, 9.17) is 0 Å². The van der Waals surface area contributed by atoms with Crippen LogP contribution in [0.4, 0.5) is 18.9 Å². The van der Waals surface area contributed by atoms with Gasteiger partial charge in [0.1, 0.15) is 6.54 Å². The molecule has 10 heteroatoms. The number of pyridine rings is 1. The summed E-state index contributed by atoms with van der Waals surface area (Å²) < 4.78 is 64.3. The van der Waals surface area contributed by atoms with E-state index in [2.05, 4.69) is 10.3 Å². The van der Waals surface area contributed by atoms with E-state index in [1.54, 1.807) is 12.1 Å². The van der Waals surface area contributed by atoms with Gasteiger partial charge in [-0.05, 0) is 29.8 Å². The molecule has 2 aromatic rings. The molecule has 1 N–H and O–H groups in total. The number of nitrogens with one attached hydrogen (secondary N) is 1. The number of nitrogens with zero attached hydrogens (tertiary/aromatic N) is 2. The van der Waals surface area contributed by atoms with Gasteiger partial charge in [-0.3, -0.25) is 14.1 Å². The van der Waals surface area contributed by atoms with Gasteiger partial charge < -0.3 is 5.32 Å². The zero-order valence-electron chi connectivity index (χ0n) is 13.0. The van der Waals surface area contributed by atoms with Gasteiger partial charge in [-0.15, -0.1) is 0 Å². The molecule has 0 bridgehead atoms. The molecule has 0 atom stereocenters. The molecule has 0 aliphatic rings. The third kappa shape index (κ3) is 4.69. The average Bonchev–Trinajstić information content (AvgIpc) is 2.56. The average molecular weight is 373 g/mol. The van der Waals surface area contributed by atoms with Gasteiger partial charge in [0.25, 0.3) is 0 Å². The number of anilines is 1. The minimum Gasteiger partial charge on any atom is -0.350 e. The number of rotatable bonds is 6. The van der Waals surface area contributed by atoms with Gasteiger partial charge in [0, 0.05) is 18.9 Å². The lowest BCUT2D eigenvalue weighted by Gasteiger charge is -2.22. The topological polar surface area (TPSA) is 79.4 Å². The molecule has 1 aromatic carbocycles. The number of amides is 1. The number of halogens is 3. The second-order valence-corrected chi connectivity index (χ2v) is 7.00. The predicted octanol–water partition coefficient (Wildman–Crippen LogP) is 1.58. The highest BCUT2D eigenvalue weighted by Gasteiger charge is 2.26. The van der Waals surface area contributed by atoms with E-state index in [0.29, 0.717) is 15.9 Å². The van der Waals surface area contributed by atoms with Crippen molar-refractivity contribution in [2.45, 2.75) is 6.54 Å². The van der Waals surface area contributed by atoms with Gasteiger partial charge in [0.05, 0.1) is 11.9 Å². The van der Waals surface area contributed by atoms with Gasteiger partial charge >= 0.3 is 0 Å². The highest BCUT2D eigenvalue weighted by Crippen LogP contribution is 2.25. The van der Waals surface area contributed by atoms with Crippen molar-refractivity contribution in [1.82, 2.24) is 10.3 Å². The van der Waals surface area contributed by atoms with Crippen LogP contribution in [0.25, 0.3) is 0 Å². The first-order valence-corrected chi connectivity index (χ1v) is 8.82. The predicted molar refractivity (Wildman–Crippen MR) is 84.6 cm³/mol. The summed E-state index contributed by atoms with van der Waals surface area (Å²) in [4.78, 5) is 15.8. The Morgan fingerprint density at radius 1 is 1.12 bits per heavy atom. The number of sulfonamides is 1. The largest absolute Gasteiger partial charge is 0.350 e. The third-order valence-electron chi connectivity index (χ3n) is 3.21. The quantitative estimate of drug-likeness (QED) is 0.780. The van der Waals surface area contributed by atoms with E-state index >= 15 is 0 Å². The molecule has 0 unspecified atom stereocenters. The summed E-state index contributed by atoms with van der Waals surface area (Å²) in [6.45, 7) is -0.689. The maximum atomic E-state index is 13.9. The van der Waals surface area contributed by atoms with Crippen molar-refractivity contribution in [2.24, 2.45) is 0 Å². The molecule has 0 aliphatic carbocycles. The first-order chi connectivity index (χ1) is 11.7. The monoisotopic (exact) mass is 373 g/mol. The van der Waals surface area contributed by atoms with Gasteiger partial charge in [0.2, 0.25) is 15.9 Å². The van der Waals surface area contributed by atoms with Crippen LogP contribution in [0.15, 0.2) is 36.7 Å². The van der Waals surface area contributed by atoms with Crippen molar-refractivity contribution in [3.63, 3.8) is 0 Å². The highest BCUT2D eigenvalue weighted by molar-refractivity contribution is 7.92. The Kier molecular flexibility index (Phi) is 5.62. The van der Waals surface area contributed by atoms with Gasteiger partial charge in [-0.1, -0.05) is 0 Å². The number of carbonyl (C=O) groups is 1. The summed E-state index contributed by atoms with van der Waals surface area (Å²) in [6, 6.07) is 4.62. The van der Waals surface area contributed by atoms with Crippen molar-refractivity contribution >= 4 is 21.6 Å². The molecule has 0 radical (unpaired) electrons. The smallest absolute Gasteiger partial charge is 0.241 e. The van der Waals surface area contributed by atoms with Crippen molar-refractivity contribution in [1.29, 1.82) is 0 Å². The number of hydrogen-bond acceptors (Lipinski definition) is 4. The molecular weight excluding hydrogens is 359 g/mol. The van der Waals surface area contributed by atoms with Crippen LogP contribution in [0.1, 0.15) is 5.56 Å². The molecule has 1 heterocycles. The van der Waals surface area contributed by atoms with Crippen molar-refractivity contribution in [2.75, 3.05) is 17.1 Å². The Labute approximate surface area is 142 Å². The van der Waals surface area contributed by atoms with Crippen LogP contribution >= 0.6 is 0 Å². The highest BCUT2D eigenvalue weighted by atomic mass is 32.2. The van der Waals surface area contributed by atoms with E-state index in [1.165, 1.54) is 12.4 Å². The SMILES string of the molecule is CS(=O)(=O)N(CC(=O)NCc1ccncc1)c1ccc(F)c(F)c1F. The Morgan fingerprint density at radius 3 is 2.36 bits per heavy atom. The number of carbonyl (C=O) groups excluding carboxylic acids is 1. The molecule has 1 amide bonds. The van der Waals surface area contributed by atoms with Gasteiger partial charge in [-0.25, -0.2) is 21.6 Å². The van der Waals surface area contributed by atoms with Crippen LogP contribution in [0.2, 0.25) is 0 Å². The molecule has 0 fully saturated rings. The number of aromatic nitrogens is 1. The molecule has 0 saturated carbocycles. The normalized spacial score (nSPS) is 11.2. The Hall–Kier alpha value is -2.62. The Morgan fingerprint density at radius 2 is 1.76 bits per heavy atom. The van der Waals surface area contributed by atoms with Gasteiger partial charge in [-0.2, -0.15) is 0 Å². The summed E-state index contributed by atoms with van der Waals surface area (Å²) in [5, 5.41) is 2.45. The fourth-order valence-electron chi connectivity index (χ4n) is 1.98. The molecular formula is C15H14F3N3O3S. The fraction of sp³-hybridized carbons (Fsp3) is 0.200. The number of benzene rings is 1. The zero-order valence-corrected chi connectivity index (χ0v) is 13.9. The Balaban J connectivity index is 2.19. The maximum Gasteiger partial charge on any atom is 0.241 e. The molecule has 0 aliphatic heterocycles. The standard InChI is InChI=1S/C15H14F3N3O3S/c1-25(23,24)21(12-3-2-11(16)14(17)15(12)18)9-13(22)20-8-10-4-6-19-7-5-10/h2-7H,8-9H2,1H3,(H,20,22). The second kappa shape index (κ2) is 7.51. The molecule has 2 rings (SSSR count). The first-order valence-electron chi connectivity index (χ1n) is 6.97. The van der Waals surface area contributed by atoms with Crippen LogP contribution in [0.3, 0.4) is 0 Å². The number of hydrogen-bond donors (Lipinski definition) is 1. The van der Waals surface area contributed by atoms with Crippen LogP contribution in [-0.4, -0.2) is 32.1 Å². The molecule has 134 valence electrons. The van der Waals surface area contributed by atoms with Crippen LogP contribution in [-0.2, 0) is 21.4 Å². The summed E-state index contributed by atoms with van der Waals surface area (Å²) in [5.41, 5.74) is -0.0336. The zero-order chi connectivity index (χ0) is 18.6. The van der Waals surface area contributed by atoms with Crippen molar-refractivity contribution in [3.05, 3.63) is 59.7 Å². The molecule has 25 heavy (non-hydrogen) atoms. The summed E-state index contributed by atoms with van der Waals surface area (Å²) in [7, 11) is -4.11. The minimum absolute atomic E-state index is 0.0964. The lowest BCUT2D eigenvalue weighted by molar-refractivity contribution is -0.119. The van der Waals surface area contributed by atoms with E-state index < -0.39 is 45.6 Å². The Bertz CT molecular complexity index is 876. The third-order valence-corrected chi connectivity index (χ3v) is 4.34. The maximum absolute atomic E-state index is 13.9. The fourth-order valence-corrected chi connectivity index (χ4v) is 2.83. The molecule has 6 nitrogen and oxygen atoms in total. The molecule has 1 aromatic heterocycles. The summed E-state index contributed by atoms with van der Waals surface area (Å²) in [5.74, 6) is -5.71. The van der Waals surface area contributed by atoms with E-state index in [1.807, 2.05) is 0 Å². The molecule has 0 spiro atoms. The first kappa shape index (κ1) is 18.7. The van der Waals surface area contributed by atoms with E-state index in [0.717, 1.165) is 12.3 Å². The van der Waals surface area contributed by atoms with Crippen molar-refractivity contribution in [3.8, 4) is 0 Å². The van der Waals surface area contributed by atoms with Crippen molar-refractivity contribution < 1.29 is 26.4 Å². The van der Waals surface area contributed by atoms with E-state index in [-0.39, 0.29) is 6.54 Å². The summed E-state index contributed by atoms with van der Waals surface area (Å²) in [6.07, 6.45) is 3.76. The van der Waals surface area contributed by atoms with E-state index in [9.17, 15) is 26.4 Å². The lowest BCUT2D eigenvalue weighted by atomic mass is 10.2. The lowest BCUT2D eigenvalue weighted by Crippen LogP contribution is -2.40. The van der Waals surface area contributed by atoms with Crippen LogP contribution < -0.4 is 9.62 Å². The second-order valence-electron chi connectivity index (χ2n) is 5.10. The van der Waals surface area contributed by atoms with Gasteiger partial charge in [0.15, 0.2) is 17.5 Å². The van der Waals surface area contributed by atoms with Crippen LogP contribution in [0.5, 0.6) is 0 Å². The summed E-state index contributed by atoms with van der Waals surface area (Å²) >= 11 is 0. The minimum atomic E-state index is -4.11.